The highest BCUT2D eigenvalue weighted by Gasteiger charge is 2.45. The predicted octanol–water partition coefficient (Wildman–Crippen LogP) is 2.39. The van der Waals surface area contributed by atoms with Crippen molar-refractivity contribution in [1.82, 2.24) is 5.32 Å². The molecule has 1 fully saturated rings. The molecule has 1 atom stereocenters. The molecule has 4 nitrogen and oxygen atoms in total. The average molecular weight is 309 g/mol. The van der Waals surface area contributed by atoms with Gasteiger partial charge in [-0.2, -0.15) is 5.26 Å². The molecule has 1 amide bonds. The highest BCUT2D eigenvalue weighted by atomic mass is 79.9. The zero-order valence-electron chi connectivity index (χ0n) is 9.94. The number of para-hydroxylation sites is 1. The van der Waals surface area contributed by atoms with Crippen molar-refractivity contribution in [3.8, 4) is 11.8 Å². The van der Waals surface area contributed by atoms with Crippen LogP contribution in [-0.2, 0) is 4.79 Å². The first-order valence-corrected chi connectivity index (χ1v) is 6.50. The largest absolute Gasteiger partial charge is 0.480 e. The molecular formula is C13H13BrN2O2. The lowest BCUT2D eigenvalue weighted by atomic mass is 10.2. The SMILES string of the molecule is C[C@H](Oc1ccccc1Br)C(=O)NC1(C#N)CC1. The molecule has 0 unspecified atom stereocenters. The van der Waals surface area contributed by atoms with Gasteiger partial charge < -0.3 is 10.1 Å². The van der Waals surface area contributed by atoms with Gasteiger partial charge in [-0.1, -0.05) is 12.1 Å². The third-order valence-corrected chi connectivity index (χ3v) is 3.49. The van der Waals surface area contributed by atoms with E-state index in [-0.39, 0.29) is 5.91 Å². The molecule has 0 bridgehead atoms. The van der Waals surface area contributed by atoms with Crippen LogP contribution in [0.4, 0.5) is 0 Å². The van der Waals surface area contributed by atoms with E-state index >= 15 is 0 Å². The van der Waals surface area contributed by atoms with Crippen LogP contribution in [0, 0.1) is 11.3 Å². The smallest absolute Gasteiger partial charge is 0.262 e. The van der Waals surface area contributed by atoms with E-state index in [2.05, 4.69) is 27.3 Å². The van der Waals surface area contributed by atoms with Gasteiger partial charge in [0.05, 0.1) is 10.5 Å². The number of halogens is 1. The third-order valence-electron chi connectivity index (χ3n) is 2.84. The average Bonchev–Trinajstić information content (AvgIpc) is 3.12. The van der Waals surface area contributed by atoms with E-state index in [0.717, 1.165) is 17.3 Å². The molecular weight excluding hydrogens is 296 g/mol. The molecule has 5 heteroatoms. The molecule has 1 aromatic rings. The van der Waals surface area contributed by atoms with E-state index in [0.29, 0.717) is 5.75 Å². The van der Waals surface area contributed by atoms with Crippen molar-refractivity contribution < 1.29 is 9.53 Å². The van der Waals surface area contributed by atoms with Crippen molar-refractivity contribution in [2.24, 2.45) is 0 Å². The van der Waals surface area contributed by atoms with Gasteiger partial charge in [-0.15, -0.1) is 0 Å². The van der Waals surface area contributed by atoms with Gasteiger partial charge in [0.15, 0.2) is 6.10 Å². The zero-order valence-corrected chi connectivity index (χ0v) is 11.5. The molecule has 94 valence electrons. The van der Waals surface area contributed by atoms with Crippen molar-refractivity contribution in [3.05, 3.63) is 28.7 Å². The Morgan fingerprint density at radius 1 is 1.56 bits per heavy atom. The Labute approximate surface area is 114 Å². The molecule has 0 spiro atoms. The molecule has 1 aromatic carbocycles. The van der Waals surface area contributed by atoms with Gasteiger partial charge in [-0.25, -0.2) is 0 Å². The van der Waals surface area contributed by atoms with E-state index in [9.17, 15) is 4.79 Å². The number of rotatable bonds is 4. The number of nitrogens with one attached hydrogen (secondary N) is 1. The van der Waals surface area contributed by atoms with Gasteiger partial charge in [-0.05, 0) is 47.8 Å². The van der Waals surface area contributed by atoms with Crippen molar-refractivity contribution in [3.63, 3.8) is 0 Å². The molecule has 0 aliphatic heterocycles. The standard InChI is InChI=1S/C13H13BrN2O2/c1-9(12(17)16-13(8-15)6-7-13)18-11-5-3-2-4-10(11)14/h2-5,9H,6-7H2,1H3,(H,16,17)/t9-/m0/s1. The summed E-state index contributed by atoms with van der Waals surface area (Å²) in [6.45, 7) is 1.67. The maximum Gasteiger partial charge on any atom is 0.262 e. The van der Waals surface area contributed by atoms with Crippen molar-refractivity contribution in [2.45, 2.75) is 31.4 Å². The number of amides is 1. The van der Waals surface area contributed by atoms with Gasteiger partial charge in [0.25, 0.3) is 5.91 Å². The van der Waals surface area contributed by atoms with Crippen LogP contribution in [0.5, 0.6) is 5.75 Å². The minimum absolute atomic E-state index is 0.259. The summed E-state index contributed by atoms with van der Waals surface area (Å²) in [7, 11) is 0. The van der Waals surface area contributed by atoms with Crippen molar-refractivity contribution >= 4 is 21.8 Å². The number of nitrogens with zero attached hydrogens (tertiary/aromatic N) is 1. The zero-order chi connectivity index (χ0) is 13.2. The van der Waals surface area contributed by atoms with Crippen LogP contribution in [0.3, 0.4) is 0 Å². The Hall–Kier alpha value is -1.54. The van der Waals surface area contributed by atoms with Crippen LogP contribution in [0.25, 0.3) is 0 Å². The second kappa shape index (κ2) is 4.99. The lowest BCUT2D eigenvalue weighted by molar-refractivity contribution is -0.127. The highest BCUT2D eigenvalue weighted by molar-refractivity contribution is 9.10. The summed E-state index contributed by atoms with van der Waals surface area (Å²) in [5, 5.41) is 11.6. The number of nitriles is 1. The molecule has 0 aromatic heterocycles. The first kappa shape index (κ1) is 12.9. The highest BCUT2D eigenvalue weighted by Crippen LogP contribution is 2.34. The van der Waals surface area contributed by atoms with Crippen LogP contribution in [-0.4, -0.2) is 17.6 Å². The summed E-state index contributed by atoms with van der Waals surface area (Å²) in [5.41, 5.74) is -0.650. The topological polar surface area (TPSA) is 62.1 Å². The van der Waals surface area contributed by atoms with Crippen LogP contribution in [0.1, 0.15) is 19.8 Å². The van der Waals surface area contributed by atoms with E-state index in [1.165, 1.54) is 0 Å². The number of benzene rings is 1. The number of hydrogen-bond donors (Lipinski definition) is 1. The van der Waals surface area contributed by atoms with Gasteiger partial charge in [-0.3, -0.25) is 4.79 Å². The quantitative estimate of drug-likeness (QED) is 0.929. The summed E-state index contributed by atoms with van der Waals surface area (Å²) < 4.78 is 6.35. The normalized spacial score (nSPS) is 17.4. The second-order valence-electron chi connectivity index (χ2n) is 4.37. The lowest BCUT2D eigenvalue weighted by Crippen LogP contribution is -2.43. The number of carbonyl (C=O) groups excluding carboxylic acids is 1. The van der Waals surface area contributed by atoms with E-state index in [4.69, 9.17) is 10.00 Å². The van der Waals surface area contributed by atoms with Crippen molar-refractivity contribution in [2.75, 3.05) is 0 Å². The van der Waals surface area contributed by atoms with Gasteiger partial charge in [0, 0.05) is 0 Å². The van der Waals surface area contributed by atoms with Crippen LogP contribution in [0.2, 0.25) is 0 Å². The van der Waals surface area contributed by atoms with Gasteiger partial charge in [0.1, 0.15) is 11.3 Å². The number of carbonyl (C=O) groups is 1. The molecule has 0 saturated heterocycles. The van der Waals surface area contributed by atoms with E-state index in [1.807, 2.05) is 18.2 Å². The minimum atomic E-state index is -0.650. The fourth-order valence-electron chi connectivity index (χ4n) is 1.51. The Bertz CT molecular complexity index is 506. The lowest BCUT2D eigenvalue weighted by Gasteiger charge is -2.17. The summed E-state index contributed by atoms with van der Waals surface area (Å²) in [6.07, 6.45) is 0.808. The summed E-state index contributed by atoms with van der Waals surface area (Å²) >= 11 is 3.35. The Morgan fingerprint density at radius 3 is 2.78 bits per heavy atom. The monoisotopic (exact) mass is 308 g/mol. The number of ether oxygens (including phenoxy) is 1. The Morgan fingerprint density at radius 2 is 2.22 bits per heavy atom. The fraction of sp³-hybridized carbons (Fsp3) is 0.385. The first-order chi connectivity index (χ1) is 8.56. The molecule has 1 N–H and O–H groups in total. The van der Waals surface area contributed by atoms with Crippen LogP contribution >= 0.6 is 15.9 Å². The molecule has 1 aliphatic rings. The third kappa shape index (κ3) is 2.82. The van der Waals surface area contributed by atoms with E-state index < -0.39 is 11.6 Å². The van der Waals surface area contributed by atoms with Gasteiger partial charge >= 0.3 is 0 Å². The minimum Gasteiger partial charge on any atom is -0.480 e. The summed E-state index contributed by atoms with van der Waals surface area (Å²) in [4.78, 5) is 11.9. The number of hydrogen-bond acceptors (Lipinski definition) is 3. The maximum atomic E-state index is 11.9. The maximum absolute atomic E-state index is 11.9. The van der Waals surface area contributed by atoms with Crippen LogP contribution < -0.4 is 10.1 Å². The molecule has 2 rings (SSSR count). The van der Waals surface area contributed by atoms with Gasteiger partial charge in [0.2, 0.25) is 0 Å². The van der Waals surface area contributed by atoms with Crippen molar-refractivity contribution in [1.29, 1.82) is 5.26 Å². The first-order valence-electron chi connectivity index (χ1n) is 5.71. The molecule has 1 saturated carbocycles. The second-order valence-corrected chi connectivity index (χ2v) is 5.23. The molecule has 1 aliphatic carbocycles. The Balaban J connectivity index is 1.96. The summed E-state index contributed by atoms with van der Waals surface area (Å²) in [5.74, 6) is 0.353. The summed E-state index contributed by atoms with van der Waals surface area (Å²) in [6, 6.07) is 9.45. The molecule has 0 heterocycles. The van der Waals surface area contributed by atoms with Crippen LogP contribution in [0.15, 0.2) is 28.7 Å². The molecule has 18 heavy (non-hydrogen) atoms. The van der Waals surface area contributed by atoms with E-state index in [1.54, 1.807) is 13.0 Å². The molecule has 0 radical (unpaired) electrons. The predicted molar refractivity (Wildman–Crippen MR) is 70.0 cm³/mol. The fourth-order valence-corrected chi connectivity index (χ4v) is 1.89. The Kier molecular flexibility index (Phi) is 3.58.